The standard InChI is InChI=1S/C17H24N2O3/c1-13(2)11-22-16-7-3-6-15(9-16)19-17(20)18-10-14-5-4-8-21-12-14/h3,6-7,9,14H,1,4-5,8,10-12H2,2H3,(H2,18,19,20)/t14-/m0/s1. The Morgan fingerprint density at radius 2 is 2.36 bits per heavy atom. The van der Waals surface area contributed by atoms with Crippen LogP contribution < -0.4 is 15.4 Å². The van der Waals surface area contributed by atoms with Gasteiger partial charge in [0.05, 0.1) is 6.61 Å². The Labute approximate surface area is 131 Å². The molecule has 1 saturated heterocycles. The number of hydrogen-bond acceptors (Lipinski definition) is 3. The van der Waals surface area contributed by atoms with E-state index in [1.54, 1.807) is 6.07 Å². The van der Waals surface area contributed by atoms with Crippen LogP contribution >= 0.6 is 0 Å². The van der Waals surface area contributed by atoms with Crippen molar-refractivity contribution in [2.75, 3.05) is 31.7 Å². The van der Waals surface area contributed by atoms with Gasteiger partial charge in [-0.3, -0.25) is 0 Å². The number of nitrogens with one attached hydrogen (secondary N) is 2. The molecular formula is C17H24N2O3. The van der Waals surface area contributed by atoms with Crippen LogP contribution in [0, 0.1) is 5.92 Å². The zero-order valence-electron chi connectivity index (χ0n) is 13.1. The van der Waals surface area contributed by atoms with Crippen molar-refractivity contribution in [3.8, 4) is 5.75 Å². The molecule has 1 aliphatic rings. The summed E-state index contributed by atoms with van der Waals surface area (Å²) in [5, 5.41) is 5.70. The van der Waals surface area contributed by atoms with Crippen molar-refractivity contribution < 1.29 is 14.3 Å². The second-order valence-corrected chi connectivity index (χ2v) is 5.69. The maximum atomic E-state index is 11.9. The molecule has 0 unspecified atom stereocenters. The third-order valence-electron chi connectivity index (χ3n) is 3.38. The molecular weight excluding hydrogens is 280 g/mol. The molecule has 1 aliphatic heterocycles. The molecule has 0 saturated carbocycles. The van der Waals surface area contributed by atoms with Crippen LogP contribution in [0.15, 0.2) is 36.4 Å². The molecule has 2 amide bonds. The number of anilines is 1. The minimum absolute atomic E-state index is 0.206. The predicted octanol–water partition coefficient (Wildman–Crippen LogP) is 3.19. The van der Waals surface area contributed by atoms with Gasteiger partial charge in [0, 0.05) is 24.9 Å². The number of ether oxygens (including phenoxy) is 2. The molecule has 2 rings (SSSR count). The summed E-state index contributed by atoms with van der Waals surface area (Å²) < 4.78 is 11.0. The quantitative estimate of drug-likeness (QED) is 0.794. The highest BCUT2D eigenvalue weighted by Crippen LogP contribution is 2.18. The SMILES string of the molecule is C=C(C)COc1cccc(NC(=O)NC[C@@H]2CCCOC2)c1. The number of urea groups is 1. The number of carbonyl (C=O) groups is 1. The predicted molar refractivity (Wildman–Crippen MR) is 87.3 cm³/mol. The highest BCUT2D eigenvalue weighted by molar-refractivity contribution is 5.89. The third kappa shape index (κ3) is 5.77. The minimum Gasteiger partial charge on any atom is -0.489 e. The van der Waals surface area contributed by atoms with Gasteiger partial charge in [0.1, 0.15) is 12.4 Å². The Bertz CT molecular complexity index is 510. The first-order valence-electron chi connectivity index (χ1n) is 7.63. The molecule has 0 aliphatic carbocycles. The van der Waals surface area contributed by atoms with Crippen LogP contribution in [0.5, 0.6) is 5.75 Å². The average Bonchev–Trinajstić information content (AvgIpc) is 2.52. The fourth-order valence-electron chi connectivity index (χ4n) is 2.25. The molecule has 1 aromatic carbocycles. The zero-order chi connectivity index (χ0) is 15.8. The highest BCUT2D eigenvalue weighted by Gasteiger charge is 2.14. The molecule has 22 heavy (non-hydrogen) atoms. The molecule has 0 bridgehead atoms. The largest absolute Gasteiger partial charge is 0.489 e. The molecule has 1 atom stereocenters. The first kappa shape index (κ1) is 16.4. The summed E-state index contributed by atoms with van der Waals surface area (Å²) >= 11 is 0. The van der Waals surface area contributed by atoms with E-state index in [-0.39, 0.29) is 6.03 Å². The van der Waals surface area contributed by atoms with Gasteiger partial charge < -0.3 is 20.1 Å². The van der Waals surface area contributed by atoms with Crippen molar-refractivity contribution in [1.82, 2.24) is 5.32 Å². The van der Waals surface area contributed by atoms with Crippen molar-refractivity contribution in [2.24, 2.45) is 5.92 Å². The summed E-state index contributed by atoms with van der Waals surface area (Å²) in [6.45, 7) is 8.37. The Kier molecular flexibility index (Phi) is 6.27. The third-order valence-corrected chi connectivity index (χ3v) is 3.38. The molecule has 1 aromatic rings. The number of hydrogen-bond donors (Lipinski definition) is 2. The molecule has 0 aromatic heterocycles. The van der Waals surface area contributed by atoms with Gasteiger partial charge in [0.2, 0.25) is 0 Å². The number of carbonyl (C=O) groups excluding carboxylic acids is 1. The van der Waals surface area contributed by atoms with E-state index in [4.69, 9.17) is 9.47 Å². The Hall–Kier alpha value is -2.01. The van der Waals surface area contributed by atoms with E-state index in [0.29, 0.717) is 30.5 Å². The Balaban J connectivity index is 1.77. The highest BCUT2D eigenvalue weighted by atomic mass is 16.5. The van der Waals surface area contributed by atoms with Crippen LogP contribution in [0.2, 0.25) is 0 Å². The van der Waals surface area contributed by atoms with E-state index in [1.165, 1.54) is 0 Å². The lowest BCUT2D eigenvalue weighted by Gasteiger charge is -2.22. The summed E-state index contributed by atoms with van der Waals surface area (Å²) in [6.07, 6.45) is 2.17. The average molecular weight is 304 g/mol. The van der Waals surface area contributed by atoms with Gasteiger partial charge in [-0.1, -0.05) is 12.6 Å². The van der Waals surface area contributed by atoms with E-state index in [9.17, 15) is 4.79 Å². The second kappa shape index (κ2) is 8.44. The van der Waals surface area contributed by atoms with Gasteiger partial charge in [-0.15, -0.1) is 0 Å². The number of benzene rings is 1. The summed E-state index contributed by atoms with van der Waals surface area (Å²) in [5.74, 6) is 1.12. The van der Waals surface area contributed by atoms with Crippen LogP contribution in [-0.2, 0) is 4.74 Å². The van der Waals surface area contributed by atoms with Crippen molar-refractivity contribution in [3.63, 3.8) is 0 Å². The molecule has 2 N–H and O–H groups in total. The van der Waals surface area contributed by atoms with Crippen LogP contribution in [-0.4, -0.2) is 32.4 Å². The van der Waals surface area contributed by atoms with E-state index < -0.39 is 0 Å². The summed E-state index contributed by atoms with van der Waals surface area (Å²) in [5.41, 5.74) is 1.66. The van der Waals surface area contributed by atoms with Crippen LogP contribution in [0.25, 0.3) is 0 Å². The molecule has 0 spiro atoms. The van der Waals surface area contributed by atoms with E-state index in [0.717, 1.165) is 31.6 Å². The molecule has 1 fully saturated rings. The van der Waals surface area contributed by atoms with Gasteiger partial charge in [0.15, 0.2) is 0 Å². The molecule has 5 heteroatoms. The van der Waals surface area contributed by atoms with Crippen molar-refractivity contribution in [2.45, 2.75) is 19.8 Å². The van der Waals surface area contributed by atoms with E-state index in [2.05, 4.69) is 17.2 Å². The zero-order valence-corrected chi connectivity index (χ0v) is 13.1. The Morgan fingerprint density at radius 3 is 3.09 bits per heavy atom. The fourth-order valence-corrected chi connectivity index (χ4v) is 2.25. The maximum Gasteiger partial charge on any atom is 0.319 e. The van der Waals surface area contributed by atoms with Crippen LogP contribution in [0.1, 0.15) is 19.8 Å². The number of amides is 2. The second-order valence-electron chi connectivity index (χ2n) is 5.69. The fraction of sp³-hybridized carbons (Fsp3) is 0.471. The topological polar surface area (TPSA) is 59.6 Å². The van der Waals surface area contributed by atoms with Crippen molar-refractivity contribution in [1.29, 1.82) is 0 Å². The van der Waals surface area contributed by atoms with Gasteiger partial charge in [-0.2, -0.15) is 0 Å². The van der Waals surface area contributed by atoms with Crippen molar-refractivity contribution in [3.05, 3.63) is 36.4 Å². The molecule has 5 nitrogen and oxygen atoms in total. The minimum atomic E-state index is -0.206. The lowest BCUT2D eigenvalue weighted by molar-refractivity contribution is 0.0559. The van der Waals surface area contributed by atoms with Crippen LogP contribution in [0.4, 0.5) is 10.5 Å². The first-order chi connectivity index (χ1) is 10.6. The van der Waals surface area contributed by atoms with E-state index >= 15 is 0 Å². The number of rotatable bonds is 6. The smallest absolute Gasteiger partial charge is 0.319 e. The summed E-state index contributed by atoms with van der Waals surface area (Å²) in [6, 6.07) is 7.12. The molecule has 0 radical (unpaired) electrons. The molecule has 120 valence electrons. The lowest BCUT2D eigenvalue weighted by Crippen LogP contribution is -2.35. The van der Waals surface area contributed by atoms with Gasteiger partial charge in [-0.05, 0) is 43.4 Å². The van der Waals surface area contributed by atoms with Gasteiger partial charge >= 0.3 is 6.03 Å². The Morgan fingerprint density at radius 1 is 1.50 bits per heavy atom. The summed E-state index contributed by atoms with van der Waals surface area (Å²) in [4.78, 5) is 11.9. The monoisotopic (exact) mass is 304 g/mol. The normalized spacial score (nSPS) is 17.6. The van der Waals surface area contributed by atoms with Gasteiger partial charge in [-0.25, -0.2) is 4.79 Å². The summed E-state index contributed by atoms with van der Waals surface area (Å²) in [7, 11) is 0. The van der Waals surface area contributed by atoms with Crippen molar-refractivity contribution >= 4 is 11.7 Å². The van der Waals surface area contributed by atoms with Gasteiger partial charge in [0.25, 0.3) is 0 Å². The maximum absolute atomic E-state index is 11.9. The van der Waals surface area contributed by atoms with Crippen LogP contribution in [0.3, 0.4) is 0 Å². The lowest BCUT2D eigenvalue weighted by atomic mass is 10.0. The van der Waals surface area contributed by atoms with E-state index in [1.807, 2.05) is 25.1 Å². The first-order valence-corrected chi connectivity index (χ1v) is 7.63. The molecule has 1 heterocycles.